The summed E-state index contributed by atoms with van der Waals surface area (Å²) in [6, 6.07) is 5.17. The average Bonchev–Trinajstić information content (AvgIpc) is 2.94. The van der Waals surface area contributed by atoms with Gasteiger partial charge in [0.05, 0.1) is 12.8 Å². The van der Waals surface area contributed by atoms with Crippen molar-refractivity contribution in [1.82, 2.24) is 20.4 Å². The number of aromatic nitrogens is 2. The Hall–Kier alpha value is -2.11. The number of methoxy groups -OCH3 is 1. The van der Waals surface area contributed by atoms with E-state index in [1.54, 1.807) is 12.1 Å². The second kappa shape index (κ2) is 13.4. The Kier molecular flexibility index (Phi) is 11.7. The number of hydrogen-bond donors (Lipinski definition) is 2. The summed E-state index contributed by atoms with van der Waals surface area (Å²) in [5, 5.41) is 11.2. The lowest BCUT2D eigenvalue weighted by Gasteiger charge is -2.18. The van der Waals surface area contributed by atoms with Gasteiger partial charge in [-0.05, 0) is 63.8 Å². The van der Waals surface area contributed by atoms with E-state index >= 15 is 0 Å². The Morgan fingerprint density at radius 3 is 2.53 bits per heavy atom. The Morgan fingerprint density at radius 2 is 1.97 bits per heavy atom. The SMILES string of the molecule is CCNC(=NCCc1ccc(OC)c(OC(F)F)c1)NC(C)Cc1c(C)nn(C)c1C.I. The van der Waals surface area contributed by atoms with E-state index in [1.165, 1.54) is 12.7 Å². The standard InChI is InChI=1S/C22H33F2N5O2.HI/c1-7-25-22(27-14(2)12-18-15(3)28-29(5)16(18)4)26-11-10-17-8-9-19(30-6)20(13-17)31-21(23)24;/h8-9,13-14,21H,7,10-12H2,1-6H3,(H2,25,26,27);1H. The molecule has 0 bridgehead atoms. The lowest BCUT2D eigenvalue weighted by Crippen LogP contribution is -2.43. The summed E-state index contributed by atoms with van der Waals surface area (Å²) in [6.45, 7) is 6.54. The molecule has 180 valence electrons. The number of aliphatic imine (C=N–C) groups is 1. The highest BCUT2D eigenvalue weighted by atomic mass is 127. The zero-order valence-electron chi connectivity index (χ0n) is 19.5. The number of guanidine groups is 1. The zero-order valence-corrected chi connectivity index (χ0v) is 21.9. The van der Waals surface area contributed by atoms with Gasteiger partial charge < -0.3 is 20.1 Å². The minimum absolute atomic E-state index is 0. The van der Waals surface area contributed by atoms with Crippen LogP contribution < -0.4 is 20.1 Å². The minimum atomic E-state index is -2.90. The van der Waals surface area contributed by atoms with Crippen LogP contribution in [0.1, 0.15) is 36.4 Å². The maximum atomic E-state index is 12.6. The van der Waals surface area contributed by atoms with Gasteiger partial charge in [-0.3, -0.25) is 9.67 Å². The number of alkyl halides is 2. The third-order valence-corrected chi connectivity index (χ3v) is 5.01. The van der Waals surface area contributed by atoms with Crippen LogP contribution in [0.3, 0.4) is 0 Å². The monoisotopic (exact) mass is 565 g/mol. The summed E-state index contributed by atoms with van der Waals surface area (Å²) in [5.41, 5.74) is 4.28. The molecule has 1 aromatic heterocycles. The average molecular weight is 565 g/mol. The zero-order chi connectivity index (χ0) is 23.0. The van der Waals surface area contributed by atoms with Crippen molar-refractivity contribution >= 4 is 29.9 Å². The number of rotatable bonds is 10. The number of nitrogens with one attached hydrogen (secondary N) is 2. The Balaban J connectivity index is 0.00000512. The van der Waals surface area contributed by atoms with E-state index in [4.69, 9.17) is 4.74 Å². The summed E-state index contributed by atoms with van der Waals surface area (Å²) >= 11 is 0. The molecule has 10 heteroatoms. The summed E-state index contributed by atoms with van der Waals surface area (Å²) in [4.78, 5) is 4.63. The molecule has 0 aliphatic rings. The lowest BCUT2D eigenvalue weighted by atomic mass is 10.1. The highest BCUT2D eigenvalue weighted by Gasteiger charge is 2.14. The molecule has 0 radical (unpaired) electrons. The Morgan fingerprint density at radius 1 is 1.25 bits per heavy atom. The predicted octanol–water partition coefficient (Wildman–Crippen LogP) is 3.99. The highest BCUT2D eigenvalue weighted by Crippen LogP contribution is 2.29. The second-order valence-corrected chi connectivity index (χ2v) is 7.40. The van der Waals surface area contributed by atoms with Crippen LogP contribution in [0, 0.1) is 13.8 Å². The van der Waals surface area contributed by atoms with E-state index in [1.807, 2.05) is 31.6 Å². The topological polar surface area (TPSA) is 72.7 Å². The van der Waals surface area contributed by atoms with Crippen LogP contribution in [0.5, 0.6) is 11.5 Å². The van der Waals surface area contributed by atoms with E-state index in [-0.39, 0.29) is 41.5 Å². The second-order valence-electron chi connectivity index (χ2n) is 7.40. The molecule has 0 spiro atoms. The van der Waals surface area contributed by atoms with Crippen molar-refractivity contribution in [2.75, 3.05) is 20.2 Å². The first-order chi connectivity index (χ1) is 14.7. The van der Waals surface area contributed by atoms with Crippen molar-refractivity contribution in [2.24, 2.45) is 12.0 Å². The van der Waals surface area contributed by atoms with Gasteiger partial charge in [0.1, 0.15) is 0 Å². The lowest BCUT2D eigenvalue weighted by molar-refractivity contribution is -0.0512. The molecule has 0 aliphatic carbocycles. The molecule has 1 aromatic carbocycles. The largest absolute Gasteiger partial charge is 0.493 e. The molecule has 7 nitrogen and oxygen atoms in total. The van der Waals surface area contributed by atoms with Crippen LogP contribution in [0.25, 0.3) is 0 Å². The number of aryl methyl sites for hydroxylation is 2. The first kappa shape index (κ1) is 27.9. The number of ether oxygens (including phenoxy) is 2. The predicted molar refractivity (Wildman–Crippen MR) is 134 cm³/mol. The molecule has 2 rings (SSSR count). The molecule has 1 atom stereocenters. The van der Waals surface area contributed by atoms with Gasteiger partial charge in [0.15, 0.2) is 17.5 Å². The number of nitrogens with zero attached hydrogens (tertiary/aromatic N) is 3. The van der Waals surface area contributed by atoms with Crippen molar-refractivity contribution in [3.8, 4) is 11.5 Å². The van der Waals surface area contributed by atoms with Gasteiger partial charge in [-0.1, -0.05) is 6.07 Å². The fourth-order valence-corrected chi connectivity index (χ4v) is 3.39. The van der Waals surface area contributed by atoms with E-state index < -0.39 is 6.61 Å². The smallest absolute Gasteiger partial charge is 0.387 e. The minimum Gasteiger partial charge on any atom is -0.493 e. The Bertz CT molecular complexity index is 889. The first-order valence-corrected chi connectivity index (χ1v) is 10.4. The molecule has 0 fully saturated rings. The molecular weight excluding hydrogens is 531 g/mol. The Labute approximate surface area is 206 Å². The van der Waals surface area contributed by atoms with Gasteiger partial charge in [0.2, 0.25) is 0 Å². The van der Waals surface area contributed by atoms with Crippen LogP contribution in [-0.2, 0) is 19.9 Å². The van der Waals surface area contributed by atoms with Crippen LogP contribution >= 0.6 is 24.0 Å². The quantitative estimate of drug-likeness (QED) is 0.259. The van der Waals surface area contributed by atoms with E-state index in [0.717, 1.165) is 29.9 Å². The van der Waals surface area contributed by atoms with Crippen LogP contribution in [0.15, 0.2) is 23.2 Å². The van der Waals surface area contributed by atoms with Crippen LogP contribution in [0.4, 0.5) is 8.78 Å². The molecule has 32 heavy (non-hydrogen) atoms. The third kappa shape index (κ3) is 8.10. The van der Waals surface area contributed by atoms with Gasteiger partial charge in [0.25, 0.3) is 0 Å². The fourth-order valence-electron chi connectivity index (χ4n) is 3.39. The molecule has 0 amide bonds. The third-order valence-electron chi connectivity index (χ3n) is 5.01. The van der Waals surface area contributed by atoms with Crippen molar-refractivity contribution in [2.45, 2.75) is 53.2 Å². The summed E-state index contributed by atoms with van der Waals surface area (Å²) in [5.74, 6) is 1.02. The number of halogens is 3. The maximum absolute atomic E-state index is 12.6. The van der Waals surface area contributed by atoms with Crippen molar-refractivity contribution < 1.29 is 18.3 Å². The molecule has 2 aromatic rings. The van der Waals surface area contributed by atoms with E-state index in [0.29, 0.717) is 18.9 Å². The molecule has 1 unspecified atom stereocenters. The summed E-state index contributed by atoms with van der Waals surface area (Å²) in [6.07, 6.45) is 1.41. The maximum Gasteiger partial charge on any atom is 0.387 e. The van der Waals surface area contributed by atoms with Crippen LogP contribution in [-0.4, -0.2) is 48.6 Å². The van der Waals surface area contributed by atoms with Crippen molar-refractivity contribution in [3.05, 3.63) is 40.7 Å². The summed E-state index contributed by atoms with van der Waals surface area (Å²) < 4.78 is 36.8. The molecule has 1 heterocycles. The van der Waals surface area contributed by atoms with Crippen molar-refractivity contribution in [3.63, 3.8) is 0 Å². The van der Waals surface area contributed by atoms with Gasteiger partial charge in [-0.2, -0.15) is 13.9 Å². The van der Waals surface area contributed by atoms with Gasteiger partial charge in [-0.15, -0.1) is 24.0 Å². The first-order valence-electron chi connectivity index (χ1n) is 10.4. The van der Waals surface area contributed by atoms with E-state index in [9.17, 15) is 8.78 Å². The van der Waals surface area contributed by atoms with Crippen molar-refractivity contribution in [1.29, 1.82) is 0 Å². The van der Waals surface area contributed by atoms with Gasteiger partial charge >= 0.3 is 6.61 Å². The normalized spacial score (nSPS) is 12.3. The highest BCUT2D eigenvalue weighted by molar-refractivity contribution is 14.0. The molecule has 0 saturated carbocycles. The van der Waals surface area contributed by atoms with Gasteiger partial charge in [0, 0.05) is 31.9 Å². The van der Waals surface area contributed by atoms with Crippen LogP contribution in [0.2, 0.25) is 0 Å². The molecular formula is C22H34F2IN5O2. The molecule has 0 saturated heterocycles. The number of benzene rings is 1. The van der Waals surface area contributed by atoms with Gasteiger partial charge in [-0.25, -0.2) is 0 Å². The fraction of sp³-hybridized carbons (Fsp3) is 0.545. The molecule has 2 N–H and O–H groups in total. The summed E-state index contributed by atoms with van der Waals surface area (Å²) in [7, 11) is 3.37. The van der Waals surface area contributed by atoms with E-state index in [2.05, 4.69) is 39.3 Å². The molecule has 0 aliphatic heterocycles. The number of hydrogen-bond acceptors (Lipinski definition) is 4.